The van der Waals surface area contributed by atoms with Gasteiger partial charge in [0.2, 0.25) is 0 Å². The second-order valence-electron chi connectivity index (χ2n) is 4.30. The topological polar surface area (TPSA) is 43.6 Å². The van der Waals surface area contributed by atoms with Gasteiger partial charge in [0.1, 0.15) is 11.6 Å². The molecule has 0 aliphatic heterocycles. The van der Waals surface area contributed by atoms with E-state index in [1.807, 2.05) is 27.1 Å². The third-order valence-corrected chi connectivity index (χ3v) is 3.23. The van der Waals surface area contributed by atoms with Gasteiger partial charge in [0.05, 0.1) is 17.1 Å². The Hall–Kier alpha value is -1.71. The third kappa shape index (κ3) is 1.19. The summed E-state index contributed by atoms with van der Waals surface area (Å²) < 4.78 is 2.12. The van der Waals surface area contributed by atoms with Crippen LogP contribution in [0.2, 0.25) is 0 Å². The summed E-state index contributed by atoms with van der Waals surface area (Å²) in [6, 6.07) is 0. The van der Waals surface area contributed by atoms with Crippen molar-refractivity contribution in [3.05, 3.63) is 29.1 Å². The van der Waals surface area contributed by atoms with E-state index in [0.717, 1.165) is 30.2 Å². The van der Waals surface area contributed by atoms with Crippen LogP contribution in [0.25, 0.3) is 11.4 Å². The zero-order valence-corrected chi connectivity index (χ0v) is 9.78. The van der Waals surface area contributed by atoms with Crippen molar-refractivity contribution in [2.75, 3.05) is 0 Å². The number of imidazole rings is 1. The standard InChI is InChI=1S/C12H14N4/c1-7-13-6-9-4-5-10-12(11(9)14-7)16(3)8(2)15-10/h6H,4-5H2,1-3H3. The zero-order chi connectivity index (χ0) is 11.3. The van der Waals surface area contributed by atoms with Crippen LogP contribution in [-0.4, -0.2) is 19.5 Å². The van der Waals surface area contributed by atoms with Crippen molar-refractivity contribution in [1.29, 1.82) is 0 Å². The monoisotopic (exact) mass is 214 g/mol. The summed E-state index contributed by atoms with van der Waals surface area (Å²) in [5, 5.41) is 0. The molecule has 2 aromatic heterocycles. The molecular formula is C12H14N4. The minimum atomic E-state index is 0.824. The van der Waals surface area contributed by atoms with E-state index in [0.29, 0.717) is 0 Å². The summed E-state index contributed by atoms with van der Waals surface area (Å²) in [7, 11) is 2.05. The molecule has 4 nitrogen and oxygen atoms in total. The normalized spacial score (nSPS) is 13.4. The molecule has 0 N–H and O–H groups in total. The third-order valence-electron chi connectivity index (χ3n) is 3.23. The molecule has 0 saturated carbocycles. The molecule has 0 aromatic carbocycles. The number of aryl methyl sites for hydroxylation is 4. The lowest BCUT2D eigenvalue weighted by atomic mass is 9.98. The molecule has 3 rings (SSSR count). The highest BCUT2D eigenvalue weighted by molar-refractivity contribution is 5.65. The van der Waals surface area contributed by atoms with E-state index in [2.05, 4.69) is 19.5 Å². The Labute approximate surface area is 94.4 Å². The Morgan fingerprint density at radius 3 is 2.81 bits per heavy atom. The fourth-order valence-corrected chi connectivity index (χ4v) is 2.28. The number of fused-ring (bicyclic) bond motifs is 3. The van der Waals surface area contributed by atoms with Crippen molar-refractivity contribution in [3.63, 3.8) is 0 Å². The fraction of sp³-hybridized carbons (Fsp3) is 0.417. The molecule has 2 aromatic rings. The molecular weight excluding hydrogens is 200 g/mol. The average molecular weight is 214 g/mol. The maximum Gasteiger partial charge on any atom is 0.125 e. The van der Waals surface area contributed by atoms with Crippen molar-refractivity contribution in [3.8, 4) is 11.4 Å². The molecule has 0 bridgehead atoms. The Kier molecular flexibility index (Phi) is 1.87. The van der Waals surface area contributed by atoms with E-state index in [9.17, 15) is 0 Å². The predicted molar refractivity (Wildman–Crippen MR) is 61.1 cm³/mol. The van der Waals surface area contributed by atoms with E-state index in [-0.39, 0.29) is 0 Å². The molecule has 2 heterocycles. The van der Waals surface area contributed by atoms with Gasteiger partial charge in [-0.2, -0.15) is 0 Å². The molecule has 0 fully saturated rings. The van der Waals surface area contributed by atoms with Crippen molar-refractivity contribution in [1.82, 2.24) is 19.5 Å². The summed E-state index contributed by atoms with van der Waals surface area (Å²) in [6.07, 6.45) is 3.94. The lowest BCUT2D eigenvalue weighted by Gasteiger charge is -2.15. The van der Waals surface area contributed by atoms with Crippen molar-refractivity contribution < 1.29 is 0 Å². The van der Waals surface area contributed by atoms with Crippen LogP contribution in [-0.2, 0) is 19.9 Å². The van der Waals surface area contributed by atoms with Gasteiger partial charge in [0.25, 0.3) is 0 Å². The lowest BCUT2D eigenvalue weighted by molar-refractivity contribution is 0.841. The summed E-state index contributed by atoms with van der Waals surface area (Å²) in [4.78, 5) is 13.4. The van der Waals surface area contributed by atoms with Gasteiger partial charge in [0, 0.05) is 13.2 Å². The van der Waals surface area contributed by atoms with E-state index in [1.54, 1.807) is 0 Å². The summed E-state index contributed by atoms with van der Waals surface area (Å²) in [6.45, 7) is 3.96. The van der Waals surface area contributed by atoms with E-state index in [1.165, 1.54) is 17.0 Å². The molecule has 1 aliphatic carbocycles. The van der Waals surface area contributed by atoms with Gasteiger partial charge in [-0.25, -0.2) is 15.0 Å². The predicted octanol–water partition coefficient (Wildman–Crippen LogP) is 1.59. The number of rotatable bonds is 0. The first-order valence-electron chi connectivity index (χ1n) is 5.52. The molecule has 1 aliphatic rings. The van der Waals surface area contributed by atoms with Crippen LogP contribution in [0, 0.1) is 13.8 Å². The largest absolute Gasteiger partial charge is 0.330 e. The Balaban J connectivity index is 2.32. The van der Waals surface area contributed by atoms with Gasteiger partial charge in [-0.1, -0.05) is 0 Å². The van der Waals surface area contributed by atoms with Gasteiger partial charge in [0.15, 0.2) is 0 Å². The Morgan fingerprint density at radius 2 is 2.00 bits per heavy atom. The molecule has 0 spiro atoms. The molecule has 0 saturated heterocycles. The lowest BCUT2D eigenvalue weighted by Crippen LogP contribution is -2.09. The molecule has 16 heavy (non-hydrogen) atoms. The van der Waals surface area contributed by atoms with E-state index >= 15 is 0 Å². The summed E-state index contributed by atoms with van der Waals surface area (Å²) in [5.74, 6) is 1.87. The van der Waals surface area contributed by atoms with Gasteiger partial charge in [-0.3, -0.25) is 0 Å². The number of aromatic nitrogens is 4. The Bertz CT molecular complexity index is 569. The van der Waals surface area contributed by atoms with Crippen molar-refractivity contribution >= 4 is 0 Å². The minimum Gasteiger partial charge on any atom is -0.330 e. The number of nitrogens with zero attached hydrogens (tertiary/aromatic N) is 4. The van der Waals surface area contributed by atoms with Crippen LogP contribution in [0.1, 0.15) is 22.9 Å². The molecule has 0 atom stereocenters. The van der Waals surface area contributed by atoms with Gasteiger partial charge >= 0.3 is 0 Å². The maximum atomic E-state index is 4.58. The van der Waals surface area contributed by atoms with Crippen LogP contribution in [0.3, 0.4) is 0 Å². The van der Waals surface area contributed by atoms with Crippen LogP contribution in [0.15, 0.2) is 6.20 Å². The van der Waals surface area contributed by atoms with Crippen LogP contribution < -0.4 is 0 Å². The molecule has 4 heteroatoms. The fourth-order valence-electron chi connectivity index (χ4n) is 2.28. The minimum absolute atomic E-state index is 0.824. The molecule has 0 amide bonds. The first kappa shape index (κ1) is 9.51. The van der Waals surface area contributed by atoms with E-state index in [4.69, 9.17) is 0 Å². The summed E-state index contributed by atoms with van der Waals surface area (Å²) >= 11 is 0. The zero-order valence-electron chi connectivity index (χ0n) is 9.78. The summed E-state index contributed by atoms with van der Waals surface area (Å²) in [5.41, 5.74) is 4.65. The highest BCUT2D eigenvalue weighted by atomic mass is 15.1. The molecule has 0 radical (unpaired) electrons. The Morgan fingerprint density at radius 1 is 1.19 bits per heavy atom. The van der Waals surface area contributed by atoms with Crippen LogP contribution >= 0.6 is 0 Å². The number of hydrogen-bond donors (Lipinski definition) is 0. The van der Waals surface area contributed by atoms with Gasteiger partial charge < -0.3 is 4.57 Å². The van der Waals surface area contributed by atoms with Crippen LogP contribution in [0.4, 0.5) is 0 Å². The van der Waals surface area contributed by atoms with E-state index < -0.39 is 0 Å². The van der Waals surface area contributed by atoms with Crippen molar-refractivity contribution in [2.45, 2.75) is 26.7 Å². The second-order valence-corrected chi connectivity index (χ2v) is 4.30. The van der Waals surface area contributed by atoms with Crippen molar-refractivity contribution in [2.24, 2.45) is 7.05 Å². The van der Waals surface area contributed by atoms with Gasteiger partial charge in [-0.05, 0) is 32.3 Å². The highest BCUT2D eigenvalue weighted by Crippen LogP contribution is 2.31. The first-order valence-corrected chi connectivity index (χ1v) is 5.52. The highest BCUT2D eigenvalue weighted by Gasteiger charge is 2.23. The second kappa shape index (κ2) is 3.14. The SMILES string of the molecule is Cc1ncc2c(n1)-c1c(nc(C)n1C)CC2. The van der Waals surface area contributed by atoms with Crippen LogP contribution in [0.5, 0.6) is 0 Å². The first-order chi connectivity index (χ1) is 7.66. The average Bonchev–Trinajstić information content (AvgIpc) is 2.55. The quantitative estimate of drug-likeness (QED) is 0.669. The molecule has 0 unspecified atom stereocenters. The van der Waals surface area contributed by atoms with Gasteiger partial charge in [-0.15, -0.1) is 0 Å². The smallest absolute Gasteiger partial charge is 0.125 e. The number of hydrogen-bond acceptors (Lipinski definition) is 3. The molecule has 82 valence electrons. The maximum absolute atomic E-state index is 4.58.